The van der Waals surface area contributed by atoms with Crippen LogP contribution in [0.5, 0.6) is 5.75 Å². The normalized spacial score (nSPS) is 10.6. The van der Waals surface area contributed by atoms with Crippen LogP contribution in [-0.4, -0.2) is 30.1 Å². The number of hydrogen-bond acceptors (Lipinski definition) is 6. The molecule has 7 heteroatoms. The molecule has 0 aliphatic heterocycles. The highest BCUT2D eigenvalue weighted by atomic mass is 32.1. The SMILES string of the molecule is CCOC(=O)Cc1csc(NC(=O)COc2ccc(C(C)C)cc2)n1. The Bertz CT molecular complexity index is 710. The number of benzene rings is 1. The van der Waals surface area contributed by atoms with Crippen LogP contribution in [-0.2, 0) is 20.7 Å². The van der Waals surface area contributed by atoms with E-state index in [9.17, 15) is 9.59 Å². The Morgan fingerprint density at radius 2 is 1.96 bits per heavy atom. The van der Waals surface area contributed by atoms with Crippen molar-refractivity contribution in [2.24, 2.45) is 0 Å². The van der Waals surface area contributed by atoms with Crippen LogP contribution in [0.25, 0.3) is 0 Å². The number of thiazole rings is 1. The van der Waals surface area contributed by atoms with Crippen LogP contribution in [0.3, 0.4) is 0 Å². The van der Waals surface area contributed by atoms with E-state index < -0.39 is 0 Å². The van der Waals surface area contributed by atoms with Gasteiger partial charge in [-0.1, -0.05) is 26.0 Å². The van der Waals surface area contributed by atoms with Crippen LogP contribution in [0.2, 0.25) is 0 Å². The van der Waals surface area contributed by atoms with Gasteiger partial charge in [-0.3, -0.25) is 14.9 Å². The monoisotopic (exact) mass is 362 g/mol. The third-order valence-corrected chi connectivity index (χ3v) is 4.15. The Morgan fingerprint density at radius 1 is 1.24 bits per heavy atom. The molecule has 0 radical (unpaired) electrons. The summed E-state index contributed by atoms with van der Waals surface area (Å²) < 4.78 is 10.3. The largest absolute Gasteiger partial charge is 0.484 e. The summed E-state index contributed by atoms with van der Waals surface area (Å²) in [7, 11) is 0. The molecule has 2 aromatic rings. The second-order valence-corrected chi connectivity index (χ2v) is 6.54. The first-order valence-corrected chi connectivity index (χ1v) is 8.98. The fourth-order valence-electron chi connectivity index (χ4n) is 2.06. The van der Waals surface area contributed by atoms with Gasteiger partial charge in [0.25, 0.3) is 5.91 Å². The van der Waals surface area contributed by atoms with Gasteiger partial charge in [-0.05, 0) is 30.5 Å². The molecule has 0 aliphatic carbocycles. The number of amides is 1. The van der Waals surface area contributed by atoms with Crippen LogP contribution in [0.1, 0.15) is 37.9 Å². The van der Waals surface area contributed by atoms with E-state index in [2.05, 4.69) is 24.1 Å². The predicted molar refractivity (Wildman–Crippen MR) is 97.1 cm³/mol. The number of carbonyl (C=O) groups excluding carboxylic acids is 2. The average Bonchev–Trinajstić information content (AvgIpc) is 3.00. The maximum absolute atomic E-state index is 11.9. The summed E-state index contributed by atoms with van der Waals surface area (Å²) in [5, 5.41) is 4.81. The molecule has 2 rings (SSSR count). The number of esters is 1. The van der Waals surface area contributed by atoms with E-state index in [1.807, 2.05) is 24.3 Å². The van der Waals surface area contributed by atoms with Gasteiger partial charge < -0.3 is 9.47 Å². The molecule has 0 atom stereocenters. The summed E-state index contributed by atoms with van der Waals surface area (Å²) in [4.78, 5) is 27.5. The van der Waals surface area contributed by atoms with Crippen molar-refractivity contribution in [1.29, 1.82) is 0 Å². The van der Waals surface area contributed by atoms with Crippen LogP contribution in [0.4, 0.5) is 5.13 Å². The molecule has 0 spiro atoms. The number of hydrogen-bond donors (Lipinski definition) is 1. The van der Waals surface area contributed by atoms with Crippen molar-refractivity contribution in [2.75, 3.05) is 18.5 Å². The minimum absolute atomic E-state index is 0.0961. The molecule has 1 heterocycles. The molecular formula is C18H22N2O4S. The van der Waals surface area contributed by atoms with Gasteiger partial charge in [-0.15, -0.1) is 11.3 Å². The van der Waals surface area contributed by atoms with Crippen molar-refractivity contribution in [3.8, 4) is 5.75 Å². The maximum Gasteiger partial charge on any atom is 0.311 e. The number of anilines is 1. The van der Waals surface area contributed by atoms with Crippen LogP contribution >= 0.6 is 11.3 Å². The molecule has 1 amide bonds. The lowest BCUT2D eigenvalue weighted by Gasteiger charge is -2.08. The van der Waals surface area contributed by atoms with Crippen LogP contribution < -0.4 is 10.1 Å². The summed E-state index contributed by atoms with van der Waals surface area (Å²) in [5.74, 6) is 0.455. The molecule has 134 valence electrons. The lowest BCUT2D eigenvalue weighted by Crippen LogP contribution is -2.20. The van der Waals surface area contributed by atoms with Gasteiger partial charge in [0.1, 0.15) is 5.75 Å². The van der Waals surface area contributed by atoms with Crippen molar-refractivity contribution < 1.29 is 19.1 Å². The molecule has 1 N–H and O–H groups in total. The zero-order chi connectivity index (χ0) is 18.2. The first-order chi connectivity index (χ1) is 12.0. The number of nitrogens with zero attached hydrogens (tertiary/aromatic N) is 1. The molecular weight excluding hydrogens is 340 g/mol. The molecule has 25 heavy (non-hydrogen) atoms. The summed E-state index contributed by atoms with van der Waals surface area (Å²) in [5.41, 5.74) is 1.79. The zero-order valence-corrected chi connectivity index (χ0v) is 15.4. The van der Waals surface area contributed by atoms with Gasteiger partial charge >= 0.3 is 5.97 Å². The van der Waals surface area contributed by atoms with E-state index in [1.165, 1.54) is 16.9 Å². The molecule has 0 saturated carbocycles. The number of nitrogens with one attached hydrogen (secondary N) is 1. The molecule has 6 nitrogen and oxygen atoms in total. The third-order valence-electron chi connectivity index (χ3n) is 3.35. The van der Waals surface area contributed by atoms with Gasteiger partial charge in [0.2, 0.25) is 0 Å². The summed E-state index contributed by atoms with van der Waals surface area (Å²) in [6.45, 7) is 6.22. The van der Waals surface area contributed by atoms with Gasteiger partial charge in [0.05, 0.1) is 18.7 Å². The molecule has 1 aromatic carbocycles. The molecule has 0 fully saturated rings. The Labute approximate surface area is 151 Å². The highest BCUT2D eigenvalue weighted by Gasteiger charge is 2.11. The molecule has 0 saturated heterocycles. The average molecular weight is 362 g/mol. The Balaban J connectivity index is 1.80. The molecule has 0 bridgehead atoms. The van der Waals surface area contributed by atoms with E-state index in [4.69, 9.17) is 9.47 Å². The van der Waals surface area contributed by atoms with E-state index >= 15 is 0 Å². The highest BCUT2D eigenvalue weighted by molar-refractivity contribution is 7.13. The van der Waals surface area contributed by atoms with Crippen LogP contribution in [0, 0.1) is 0 Å². The fourth-order valence-corrected chi connectivity index (χ4v) is 2.79. The van der Waals surface area contributed by atoms with Gasteiger partial charge in [-0.25, -0.2) is 4.98 Å². The quantitative estimate of drug-likeness (QED) is 0.728. The lowest BCUT2D eigenvalue weighted by atomic mass is 10.0. The second-order valence-electron chi connectivity index (χ2n) is 5.69. The van der Waals surface area contributed by atoms with E-state index in [0.29, 0.717) is 29.1 Å². The smallest absolute Gasteiger partial charge is 0.311 e. The summed E-state index contributed by atoms with van der Waals surface area (Å²) >= 11 is 1.26. The van der Waals surface area contributed by atoms with Gasteiger partial charge in [-0.2, -0.15) is 0 Å². The first kappa shape index (κ1) is 18.9. The minimum Gasteiger partial charge on any atom is -0.484 e. The maximum atomic E-state index is 11.9. The number of ether oxygens (including phenoxy) is 2. The van der Waals surface area contributed by atoms with Crippen molar-refractivity contribution in [2.45, 2.75) is 33.1 Å². The van der Waals surface area contributed by atoms with E-state index in [-0.39, 0.29) is 24.9 Å². The standard InChI is InChI=1S/C18H22N2O4S/c1-4-23-17(22)9-14-11-25-18(19-14)20-16(21)10-24-15-7-5-13(6-8-15)12(2)3/h5-8,11-12H,4,9-10H2,1-3H3,(H,19,20,21). The topological polar surface area (TPSA) is 77.5 Å². The Hall–Kier alpha value is -2.41. The van der Waals surface area contributed by atoms with Crippen LogP contribution in [0.15, 0.2) is 29.6 Å². The van der Waals surface area contributed by atoms with Crippen molar-refractivity contribution in [3.05, 3.63) is 40.9 Å². The second kappa shape index (κ2) is 9.17. The molecule has 0 aliphatic rings. The first-order valence-electron chi connectivity index (χ1n) is 8.10. The third kappa shape index (κ3) is 6.19. The summed E-state index contributed by atoms with van der Waals surface area (Å²) in [6, 6.07) is 7.67. The van der Waals surface area contributed by atoms with Crippen molar-refractivity contribution in [3.63, 3.8) is 0 Å². The number of carbonyl (C=O) groups is 2. The highest BCUT2D eigenvalue weighted by Crippen LogP contribution is 2.19. The number of aromatic nitrogens is 1. The molecule has 0 unspecified atom stereocenters. The fraction of sp³-hybridized carbons (Fsp3) is 0.389. The Morgan fingerprint density at radius 3 is 2.60 bits per heavy atom. The van der Waals surface area contributed by atoms with Crippen molar-refractivity contribution in [1.82, 2.24) is 4.98 Å². The predicted octanol–water partition coefficient (Wildman–Crippen LogP) is 3.39. The lowest BCUT2D eigenvalue weighted by molar-refractivity contribution is -0.142. The van der Waals surface area contributed by atoms with E-state index in [0.717, 1.165) is 0 Å². The minimum atomic E-state index is -0.334. The number of rotatable bonds is 8. The van der Waals surface area contributed by atoms with Gasteiger partial charge in [0, 0.05) is 5.38 Å². The zero-order valence-electron chi connectivity index (χ0n) is 14.6. The Kier molecular flexibility index (Phi) is 6.94. The van der Waals surface area contributed by atoms with Crippen molar-refractivity contribution >= 4 is 28.3 Å². The summed E-state index contributed by atoms with van der Waals surface area (Å²) in [6.07, 6.45) is 0.0961. The van der Waals surface area contributed by atoms with E-state index in [1.54, 1.807) is 12.3 Å². The molecule has 1 aromatic heterocycles. The van der Waals surface area contributed by atoms with Gasteiger partial charge in [0.15, 0.2) is 11.7 Å².